The number of nitrogens with zero attached hydrogens (tertiary/aromatic N) is 2. The smallest absolute Gasteiger partial charge is 0.161 e. The summed E-state index contributed by atoms with van der Waals surface area (Å²) in [4.78, 5) is 15.9. The van der Waals surface area contributed by atoms with Crippen molar-refractivity contribution in [1.29, 1.82) is 0 Å². The molecule has 1 aromatic rings. The average molecular weight is 247 g/mol. The minimum Gasteiger partial charge on any atom is -0.398 e. The first-order valence-electron chi connectivity index (χ1n) is 6.31. The second-order valence-corrected chi connectivity index (χ2v) is 5.18. The molecule has 0 aromatic heterocycles. The summed E-state index contributed by atoms with van der Waals surface area (Å²) in [6, 6.07) is 6.33. The van der Waals surface area contributed by atoms with Crippen LogP contribution in [0.15, 0.2) is 18.2 Å². The molecule has 4 nitrogen and oxygen atoms in total. The lowest BCUT2D eigenvalue weighted by Gasteiger charge is -2.22. The minimum absolute atomic E-state index is 0.0200. The highest BCUT2D eigenvalue weighted by molar-refractivity contribution is 5.99. The van der Waals surface area contributed by atoms with Crippen molar-refractivity contribution >= 4 is 17.2 Å². The molecule has 0 bridgehead atoms. The molecule has 2 N–H and O–H groups in total. The van der Waals surface area contributed by atoms with Crippen molar-refractivity contribution < 1.29 is 4.79 Å². The third kappa shape index (κ3) is 2.48. The zero-order valence-electron chi connectivity index (χ0n) is 11.3. The maximum absolute atomic E-state index is 11.3. The van der Waals surface area contributed by atoms with Gasteiger partial charge in [-0.3, -0.25) is 4.79 Å². The molecule has 1 saturated heterocycles. The molecule has 0 radical (unpaired) electrons. The van der Waals surface area contributed by atoms with Gasteiger partial charge in [-0.25, -0.2) is 0 Å². The standard InChI is InChI=1S/C14H21N3O/c1-10(18)13-5-4-11(8-14(13)15)17-7-6-12(9-17)16(2)3/h4-5,8,12H,6-7,9,15H2,1-3H3. The van der Waals surface area contributed by atoms with Crippen LogP contribution < -0.4 is 10.6 Å². The van der Waals surface area contributed by atoms with Gasteiger partial charge in [-0.1, -0.05) is 0 Å². The van der Waals surface area contributed by atoms with Gasteiger partial charge in [0.05, 0.1) is 0 Å². The predicted octanol–water partition coefficient (Wildman–Crippen LogP) is 1.61. The molecule has 1 aromatic carbocycles. The van der Waals surface area contributed by atoms with Crippen molar-refractivity contribution in [2.75, 3.05) is 37.8 Å². The summed E-state index contributed by atoms with van der Waals surface area (Å²) in [5, 5.41) is 0. The van der Waals surface area contributed by atoms with Crippen LogP contribution in [0.25, 0.3) is 0 Å². The topological polar surface area (TPSA) is 49.6 Å². The van der Waals surface area contributed by atoms with E-state index < -0.39 is 0 Å². The highest BCUT2D eigenvalue weighted by Gasteiger charge is 2.24. The van der Waals surface area contributed by atoms with Crippen LogP contribution >= 0.6 is 0 Å². The van der Waals surface area contributed by atoms with Gasteiger partial charge in [-0.05, 0) is 45.6 Å². The van der Waals surface area contributed by atoms with Crippen molar-refractivity contribution in [3.63, 3.8) is 0 Å². The van der Waals surface area contributed by atoms with E-state index in [2.05, 4.69) is 23.9 Å². The summed E-state index contributed by atoms with van der Waals surface area (Å²) in [6.45, 7) is 3.61. The predicted molar refractivity (Wildman–Crippen MR) is 75.2 cm³/mol. The summed E-state index contributed by atoms with van der Waals surface area (Å²) in [5.74, 6) is 0.0200. The molecule has 1 fully saturated rings. The number of ketones is 1. The quantitative estimate of drug-likeness (QED) is 0.651. The molecular weight excluding hydrogens is 226 g/mol. The Labute approximate surface area is 108 Å². The number of nitrogen functional groups attached to an aromatic ring is 1. The Morgan fingerprint density at radius 3 is 2.67 bits per heavy atom. The van der Waals surface area contributed by atoms with Gasteiger partial charge in [0.2, 0.25) is 0 Å². The third-order valence-corrected chi connectivity index (χ3v) is 3.67. The van der Waals surface area contributed by atoms with Crippen LogP contribution in [-0.4, -0.2) is 43.9 Å². The highest BCUT2D eigenvalue weighted by atomic mass is 16.1. The number of anilines is 2. The number of rotatable bonds is 3. The Kier molecular flexibility index (Phi) is 3.57. The first-order chi connectivity index (χ1) is 8.49. The largest absolute Gasteiger partial charge is 0.398 e. The lowest BCUT2D eigenvalue weighted by Crippen LogP contribution is -2.31. The number of hydrogen-bond acceptors (Lipinski definition) is 4. The average Bonchev–Trinajstić information content (AvgIpc) is 2.77. The molecule has 98 valence electrons. The van der Waals surface area contributed by atoms with Gasteiger partial charge in [-0.2, -0.15) is 0 Å². The van der Waals surface area contributed by atoms with Crippen molar-refractivity contribution in [3.8, 4) is 0 Å². The van der Waals surface area contributed by atoms with E-state index in [-0.39, 0.29) is 5.78 Å². The molecular formula is C14H21N3O. The van der Waals surface area contributed by atoms with Gasteiger partial charge < -0.3 is 15.5 Å². The van der Waals surface area contributed by atoms with Crippen molar-refractivity contribution in [1.82, 2.24) is 4.90 Å². The maximum atomic E-state index is 11.3. The summed E-state index contributed by atoms with van der Waals surface area (Å²) in [5.41, 5.74) is 8.23. The lowest BCUT2D eigenvalue weighted by atomic mass is 10.1. The summed E-state index contributed by atoms with van der Waals surface area (Å²) in [7, 11) is 4.22. The van der Waals surface area contributed by atoms with Gasteiger partial charge >= 0.3 is 0 Å². The summed E-state index contributed by atoms with van der Waals surface area (Å²) < 4.78 is 0. The molecule has 1 heterocycles. The van der Waals surface area contributed by atoms with E-state index in [1.165, 1.54) is 6.42 Å². The van der Waals surface area contributed by atoms with Crippen molar-refractivity contribution in [2.45, 2.75) is 19.4 Å². The van der Waals surface area contributed by atoms with E-state index in [0.717, 1.165) is 18.8 Å². The van der Waals surface area contributed by atoms with Crippen molar-refractivity contribution in [3.05, 3.63) is 23.8 Å². The monoisotopic (exact) mass is 247 g/mol. The fourth-order valence-corrected chi connectivity index (χ4v) is 2.47. The Bertz CT molecular complexity index is 456. The van der Waals surface area contributed by atoms with E-state index in [1.807, 2.05) is 18.2 Å². The summed E-state index contributed by atoms with van der Waals surface area (Å²) in [6.07, 6.45) is 1.17. The lowest BCUT2D eigenvalue weighted by molar-refractivity contribution is 0.101. The Morgan fingerprint density at radius 1 is 1.44 bits per heavy atom. The number of nitrogens with two attached hydrogens (primary N) is 1. The van der Waals surface area contributed by atoms with Crippen LogP contribution in [0.1, 0.15) is 23.7 Å². The SMILES string of the molecule is CC(=O)c1ccc(N2CCC(N(C)C)C2)cc1N. The molecule has 1 aliphatic rings. The number of likely N-dealkylation sites (N-methyl/N-ethyl adjacent to an activating group) is 1. The molecule has 0 spiro atoms. The molecule has 0 aliphatic carbocycles. The van der Waals surface area contributed by atoms with Crippen LogP contribution in [0, 0.1) is 0 Å². The van der Waals surface area contributed by atoms with E-state index in [1.54, 1.807) is 6.92 Å². The number of Topliss-reactive ketones (excluding diaryl/α,β-unsaturated/α-hetero) is 1. The van der Waals surface area contributed by atoms with Gasteiger partial charge in [0.1, 0.15) is 0 Å². The summed E-state index contributed by atoms with van der Waals surface area (Å²) >= 11 is 0. The van der Waals surface area contributed by atoms with Crippen LogP contribution in [0.3, 0.4) is 0 Å². The zero-order chi connectivity index (χ0) is 13.3. The van der Waals surface area contributed by atoms with Crippen molar-refractivity contribution in [2.24, 2.45) is 0 Å². The van der Waals surface area contributed by atoms with Crippen LogP contribution in [-0.2, 0) is 0 Å². The number of hydrogen-bond donors (Lipinski definition) is 1. The number of benzene rings is 1. The molecule has 0 saturated carbocycles. The third-order valence-electron chi connectivity index (χ3n) is 3.67. The number of carbonyl (C=O) groups is 1. The Morgan fingerprint density at radius 2 is 2.17 bits per heavy atom. The van der Waals surface area contributed by atoms with Gasteiger partial charge in [0.15, 0.2) is 5.78 Å². The molecule has 0 amide bonds. The Balaban J connectivity index is 2.16. The molecule has 4 heteroatoms. The second kappa shape index (κ2) is 4.98. The first kappa shape index (κ1) is 12.9. The molecule has 2 rings (SSSR count). The maximum Gasteiger partial charge on any atom is 0.161 e. The van der Waals surface area contributed by atoms with E-state index in [0.29, 0.717) is 17.3 Å². The Hall–Kier alpha value is -1.55. The number of carbonyl (C=O) groups excluding carboxylic acids is 1. The van der Waals surface area contributed by atoms with Gasteiger partial charge in [0.25, 0.3) is 0 Å². The van der Waals surface area contributed by atoms with E-state index in [4.69, 9.17) is 5.73 Å². The normalized spacial score (nSPS) is 19.6. The molecule has 1 aliphatic heterocycles. The fraction of sp³-hybridized carbons (Fsp3) is 0.500. The van der Waals surface area contributed by atoms with Crippen LogP contribution in [0.2, 0.25) is 0 Å². The second-order valence-electron chi connectivity index (χ2n) is 5.18. The highest BCUT2D eigenvalue weighted by Crippen LogP contribution is 2.26. The van der Waals surface area contributed by atoms with Crippen LogP contribution in [0.4, 0.5) is 11.4 Å². The van der Waals surface area contributed by atoms with E-state index in [9.17, 15) is 4.79 Å². The minimum atomic E-state index is 0.0200. The molecule has 1 atom stereocenters. The first-order valence-corrected chi connectivity index (χ1v) is 6.31. The molecule has 1 unspecified atom stereocenters. The fourth-order valence-electron chi connectivity index (χ4n) is 2.47. The van der Waals surface area contributed by atoms with Gasteiger partial charge in [0, 0.05) is 36.1 Å². The zero-order valence-corrected chi connectivity index (χ0v) is 11.3. The van der Waals surface area contributed by atoms with Gasteiger partial charge in [-0.15, -0.1) is 0 Å². The van der Waals surface area contributed by atoms with Crippen LogP contribution in [0.5, 0.6) is 0 Å². The van der Waals surface area contributed by atoms with E-state index >= 15 is 0 Å². The molecule has 18 heavy (non-hydrogen) atoms.